The van der Waals surface area contributed by atoms with Gasteiger partial charge in [-0.05, 0) is 118 Å². The first-order chi connectivity index (χ1) is 19.0. The van der Waals surface area contributed by atoms with Crippen LogP contribution in [-0.4, -0.2) is 38.1 Å². The lowest BCUT2D eigenvalue weighted by Gasteiger charge is -2.67. The molecule has 0 aliphatic heterocycles. The third-order valence-corrected chi connectivity index (χ3v) is 13.9. The summed E-state index contributed by atoms with van der Waals surface area (Å²) < 4.78 is 0. The Hall–Kier alpha value is -1.62. The van der Waals surface area contributed by atoms with Gasteiger partial charge >= 0.3 is 0 Å². The molecule has 2 aromatic rings. The Balaban J connectivity index is 1.36. The van der Waals surface area contributed by atoms with Crippen molar-refractivity contribution in [2.75, 3.05) is 0 Å². The van der Waals surface area contributed by atoms with Gasteiger partial charge in [0.2, 0.25) is 0 Å². The van der Waals surface area contributed by atoms with E-state index in [2.05, 4.69) is 77.7 Å². The number of aromatic amines is 1. The lowest BCUT2D eigenvalue weighted by molar-refractivity contribution is -0.198. The molecule has 6 rings (SSSR count). The molecule has 2 saturated carbocycles. The fourth-order valence-electron chi connectivity index (χ4n) is 11.1. The lowest BCUT2D eigenvalue weighted by Crippen LogP contribution is -2.64. The molecule has 0 saturated heterocycles. The Labute approximate surface area is 248 Å². The second-order valence-electron chi connectivity index (χ2n) is 16.6. The smallest absolute Gasteiger partial charge is 0.0849 e. The zero-order valence-corrected chi connectivity index (χ0v) is 27.1. The van der Waals surface area contributed by atoms with Crippen molar-refractivity contribution < 1.29 is 15.3 Å². The van der Waals surface area contributed by atoms with E-state index in [-0.39, 0.29) is 27.8 Å². The minimum Gasteiger partial charge on any atom is -0.393 e. The number of hydrogen-bond donors (Lipinski definition) is 4. The maximum absolute atomic E-state index is 12.4. The van der Waals surface area contributed by atoms with Gasteiger partial charge in [-0.1, -0.05) is 64.8 Å². The molecule has 0 unspecified atom stereocenters. The van der Waals surface area contributed by atoms with Crippen molar-refractivity contribution >= 4 is 10.9 Å². The third kappa shape index (κ3) is 3.95. The van der Waals surface area contributed by atoms with Crippen LogP contribution in [0.5, 0.6) is 0 Å². The molecule has 41 heavy (non-hydrogen) atoms. The van der Waals surface area contributed by atoms with Crippen LogP contribution < -0.4 is 0 Å². The van der Waals surface area contributed by atoms with E-state index >= 15 is 0 Å². The molecule has 2 fully saturated rings. The highest BCUT2D eigenvalue weighted by Gasteiger charge is 2.70. The van der Waals surface area contributed by atoms with Crippen molar-refractivity contribution in [2.45, 2.75) is 130 Å². The van der Waals surface area contributed by atoms with Crippen LogP contribution in [0.2, 0.25) is 0 Å². The number of aromatic nitrogens is 1. The molecule has 4 heteroatoms. The highest BCUT2D eigenvalue weighted by atomic mass is 16.3. The van der Waals surface area contributed by atoms with Gasteiger partial charge in [-0.25, -0.2) is 0 Å². The summed E-state index contributed by atoms with van der Waals surface area (Å²) in [5.41, 5.74) is 5.77. The molecule has 4 aliphatic rings. The summed E-state index contributed by atoms with van der Waals surface area (Å²) in [7, 11) is 0. The molecule has 0 bridgehead atoms. The van der Waals surface area contributed by atoms with Gasteiger partial charge < -0.3 is 20.3 Å². The van der Waals surface area contributed by atoms with E-state index in [1.165, 1.54) is 46.1 Å². The van der Waals surface area contributed by atoms with Gasteiger partial charge in [-0.15, -0.1) is 0 Å². The van der Waals surface area contributed by atoms with Crippen molar-refractivity contribution in [3.05, 3.63) is 46.7 Å². The minimum atomic E-state index is -1.07. The summed E-state index contributed by atoms with van der Waals surface area (Å²) >= 11 is 0. The standard InChI is InChI=1S/C37H55NO3/c1-21-10-13-28-23(18-21)24-19-27-26(33(3,4)32(24)38-28)12-14-29-35(7)17-16-25(22(2)11-15-30(39)34(5,6)41)36(35,8)20-31(40)37(27,29)9/h10,12-13,18,22,25,27,29-31,38-41H,11,14-17,19-20H2,1-9H3/t22-,25-,27-,29+,30-,31-,35+,36-,37+/m1/s1. The van der Waals surface area contributed by atoms with Gasteiger partial charge in [-0.3, -0.25) is 0 Å². The number of hydrogen-bond acceptors (Lipinski definition) is 3. The van der Waals surface area contributed by atoms with E-state index in [9.17, 15) is 15.3 Å². The van der Waals surface area contributed by atoms with Crippen LogP contribution in [0.25, 0.3) is 10.9 Å². The Morgan fingerprint density at radius 1 is 1.07 bits per heavy atom. The predicted octanol–water partition coefficient (Wildman–Crippen LogP) is 7.61. The highest BCUT2D eigenvalue weighted by Crippen LogP contribution is 2.74. The molecular weight excluding hydrogens is 506 g/mol. The van der Waals surface area contributed by atoms with Gasteiger partial charge in [0.1, 0.15) is 0 Å². The molecule has 0 amide bonds. The van der Waals surface area contributed by atoms with Crippen LogP contribution >= 0.6 is 0 Å². The molecule has 0 spiro atoms. The largest absolute Gasteiger partial charge is 0.393 e. The van der Waals surface area contributed by atoms with Gasteiger partial charge in [0.05, 0.1) is 17.8 Å². The summed E-state index contributed by atoms with van der Waals surface area (Å²) in [6.07, 6.45) is 8.35. The Bertz CT molecular complexity index is 1380. The van der Waals surface area contributed by atoms with E-state index in [0.29, 0.717) is 30.1 Å². The monoisotopic (exact) mass is 561 g/mol. The molecule has 4 N–H and O–H groups in total. The number of fused-ring (bicyclic) bond motifs is 8. The molecule has 1 aromatic heterocycles. The molecule has 4 aliphatic carbocycles. The normalized spacial score (nSPS) is 39.4. The van der Waals surface area contributed by atoms with E-state index in [1.54, 1.807) is 13.8 Å². The maximum atomic E-state index is 12.4. The number of aliphatic hydroxyl groups excluding tert-OH is 2. The molecule has 4 nitrogen and oxygen atoms in total. The summed E-state index contributed by atoms with van der Waals surface area (Å²) in [5, 5.41) is 34.6. The fraction of sp³-hybridized carbons (Fsp3) is 0.730. The number of aryl methyl sites for hydroxylation is 1. The Morgan fingerprint density at radius 3 is 2.46 bits per heavy atom. The summed E-state index contributed by atoms with van der Waals surface area (Å²) in [6, 6.07) is 6.80. The summed E-state index contributed by atoms with van der Waals surface area (Å²) in [4.78, 5) is 3.82. The SMILES string of the molecule is Cc1ccc2[nH]c3c(c2c1)C[C@@H]1C(=CC[C@@H]2[C@@]1(C)[C@H](O)C[C@]1(C)[C@@H]([C@H](C)CC[C@@H](O)C(C)(C)O)CC[C@@]21C)C3(C)C. The summed E-state index contributed by atoms with van der Waals surface area (Å²) in [6.45, 7) is 20.2. The second kappa shape index (κ2) is 9.19. The first-order valence-electron chi connectivity index (χ1n) is 16.4. The predicted molar refractivity (Wildman–Crippen MR) is 168 cm³/mol. The van der Waals surface area contributed by atoms with Crippen molar-refractivity contribution in [2.24, 2.45) is 39.9 Å². The van der Waals surface area contributed by atoms with Gasteiger partial charge in [-0.2, -0.15) is 0 Å². The average molecular weight is 562 g/mol. The molecule has 1 heterocycles. The molecule has 226 valence electrons. The zero-order chi connectivity index (χ0) is 29.9. The first kappa shape index (κ1) is 29.5. The summed E-state index contributed by atoms with van der Waals surface area (Å²) in [5.74, 6) is 1.71. The van der Waals surface area contributed by atoms with Crippen LogP contribution in [-0.2, 0) is 11.8 Å². The second-order valence-corrected chi connectivity index (χ2v) is 16.6. The highest BCUT2D eigenvalue weighted by molar-refractivity contribution is 5.86. The first-order valence-corrected chi connectivity index (χ1v) is 16.4. The number of nitrogens with one attached hydrogen (secondary N) is 1. The van der Waals surface area contributed by atoms with Crippen LogP contribution in [0, 0.1) is 46.8 Å². The van der Waals surface area contributed by atoms with Gasteiger partial charge in [0, 0.05) is 27.4 Å². The average Bonchev–Trinajstić information content (AvgIpc) is 3.37. The maximum Gasteiger partial charge on any atom is 0.0849 e. The van der Waals surface area contributed by atoms with E-state index in [4.69, 9.17) is 0 Å². The van der Waals surface area contributed by atoms with Crippen molar-refractivity contribution in [3.63, 3.8) is 0 Å². The van der Waals surface area contributed by atoms with Crippen molar-refractivity contribution in [3.8, 4) is 0 Å². The fourth-order valence-corrected chi connectivity index (χ4v) is 11.1. The Morgan fingerprint density at radius 2 is 1.78 bits per heavy atom. The molecule has 1 aromatic carbocycles. The van der Waals surface area contributed by atoms with Crippen molar-refractivity contribution in [1.29, 1.82) is 0 Å². The molecular formula is C37H55NO3. The number of H-pyrrole nitrogens is 1. The van der Waals surface area contributed by atoms with Crippen LogP contribution in [0.3, 0.4) is 0 Å². The van der Waals surface area contributed by atoms with E-state index in [1.807, 2.05) is 0 Å². The molecule has 9 atom stereocenters. The lowest BCUT2D eigenvalue weighted by atomic mass is 9.38. The van der Waals surface area contributed by atoms with Crippen LogP contribution in [0.15, 0.2) is 29.8 Å². The third-order valence-electron chi connectivity index (χ3n) is 13.9. The number of allylic oxidation sites excluding steroid dienone is 2. The number of rotatable bonds is 5. The topological polar surface area (TPSA) is 76.5 Å². The minimum absolute atomic E-state index is 0.0499. The quantitative estimate of drug-likeness (QED) is 0.284. The van der Waals surface area contributed by atoms with E-state index < -0.39 is 11.7 Å². The van der Waals surface area contributed by atoms with Crippen LogP contribution in [0.4, 0.5) is 0 Å². The van der Waals surface area contributed by atoms with Gasteiger partial charge in [0.25, 0.3) is 0 Å². The number of aliphatic hydroxyl groups is 3. The molecule has 0 radical (unpaired) electrons. The van der Waals surface area contributed by atoms with Crippen molar-refractivity contribution in [1.82, 2.24) is 4.98 Å². The van der Waals surface area contributed by atoms with E-state index in [0.717, 1.165) is 25.7 Å². The van der Waals surface area contributed by atoms with Crippen LogP contribution in [0.1, 0.15) is 111 Å². The zero-order valence-electron chi connectivity index (χ0n) is 27.1. The van der Waals surface area contributed by atoms with Gasteiger partial charge in [0.15, 0.2) is 0 Å². The number of benzene rings is 1. The Kier molecular flexibility index (Phi) is 6.60.